The Balaban J connectivity index is 0.000000653. The molecular weight excluding hydrogens is 228 g/mol. The largest absolute Gasteiger partial charge is 0.298 e. The molecule has 0 aromatic heterocycles. The molecule has 0 N–H and O–H groups in total. The van der Waals surface area contributed by atoms with Crippen molar-refractivity contribution >= 4 is 17.0 Å². The third-order valence-corrected chi connectivity index (χ3v) is 3.48. The molecule has 0 bridgehead atoms. The molecular formula is C10H19BrN2. The zero-order valence-corrected chi connectivity index (χ0v) is 9.83. The highest BCUT2D eigenvalue weighted by atomic mass is 79.9. The molecule has 0 amide bonds. The second-order valence-electron chi connectivity index (χ2n) is 4.53. The van der Waals surface area contributed by atoms with Crippen LogP contribution >= 0.6 is 17.0 Å². The molecule has 1 saturated heterocycles. The lowest BCUT2D eigenvalue weighted by atomic mass is 10.3. The van der Waals surface area contributed by atoms with Crippen LogP contribution < -0.4 is 0 Å². The van der Waals surface area contributed by atoms with Gasteiger partial charge in [0.2, 0.25) is 0 Å². The van der Waals surface area contributed by atoms with Gasteiger partial charge >= 0.3 is 0 Å². The van der Waals surface area contributed by atoms with E-state index in [-0.39, 0.29) is 17.0 Å². The van der Waals surface area contributed by atoms with Crippen molar-refractivity contribution in [2.24, 2.45) is 0 Å². The predicted molar refractivity (Wildman–Crippen MR) is 59.5 cm³/mol. The molecule has 0 aromatic carbocycles. The van der Waals surface area contributed by atoms with Gasteiger partial charge in [0.25, 0.3) is 0 Å². The number of halogens is 1. The smallest absolute Gasteiger partial charge is 0.0113 e. The number of hydrogen-bond acceptors (Lipinski definition) is 2. The van der Waals surface area contributed by atoms with E-state index in [2.05, 4.69) is 9.80 Å². The summed E-state index contributed by atoms with van der Waals surface area (Å²) in [6.07, 6.45) is 5.90. The van der Waals surface area contributed by atoms with E-state index in [1.165, 1.54) is 51.9 Å². The van der Waals surface area contributed by atoms with E-state index in [1.54, 1.807) is 0 Å². The lowest BCUT2D eigenvalue weighted by Crippen LogP contribution is -2.47. The van der Waals surface area contributed by atoms with Crippen LogP contribution in [0.25, 0.3) is 0 Å². The Morgan fingerprint density at radius 2 is 0.923 bits per heavy atom. The van der Waals surface area contributed by atoms with Gasteiger partial charge in [-0.15, -0.1) is 17.0 Å². The first kappa shape index (κ1) is 9.94. The second kappa shape index (κ2) is 3.87. The van der Waals surface area contributed by atoms with E-state index in [1.807, 2.05) is 0 Å². The molecule has 2 aliphatic carbocycles. The Labute approximate surface area is 91.0 Å². The number of nitrogens with zero attached hydrogens (tertiary/aromatic N) is 2. The van der Waals surface area contributed by atoms with E-state index < -0.39 is 0 Å². The summed E-state index contributed by atoms with van der Waals surface area (Å²) in [7, 11) is 0. The minimum Gasteiger partial charge on any atom is -0.298 e. The summed E-state index contributed by atoms with van der Waals surface area (Å²) in [4.78, 5) is 5.39. The van der Waals surface area contributed by atoms with Crippen molar-refractivity contribution in [2.75, 3.05) is 26.2 Å². The summed E-state index contributed by atoms with van der Waals surface area (Å²) < 4.78 is 0. The van der Waals surface area contributed by atoms with Crippen LogP contribution in [0, 0.1) is 0 Å². The molecule has 0 radical (unpaired) electrons. The van der Waals surface area contributed by atoms with Crippen molar-refractivity contribution in [1.29, 1.82) is 0 Å². The lowest BCUT2D eigenvalue weighted by molar-refractivity contribution is 0.121. The predicted octanol–water partition coefficient (Wildman–Crippen LogP) is 1.51. The van der Waals surface area contributed by atoms with E-state index in [4.69, 9.17) is 0 Å². The van der Waals surface area contributed by atoms with Gasteiger partial charge in [0, 0.05) is 38.3 Å². The Morgan fingerprint density at radius 3 is 1.15 bits per heavy atom. The summed E-state index contributed by atoms with van der Waals surface area (Å²) in [5.41, 5.74) is 0. The first-order valence-corrected chi connectivity index (χ1v) is 5.41. The fourth-order valence-corrected chi connectivity index (χ4v) is 2.35. The van der Waals surface area contributed by atoms with Gasteiger partial charge in [-0.3, -0.25) is 9.80 Å². The summed E-state index contributed by atoms with van der Waals surface area (Å²) in [5.74, 6) is 0. The molecule has 3 heteroatoms. The fourth-order valence-electron chi connectivity index (χ4n) is 2.35. The van der Waals surface area contributed by atoms with Gasteiger partial charge in [0.05, 0.1) is 0 Å². The van der Waals surface area contributed by atoms with Gasteiger partial charge in [0.1, 0.15) is 0 Å². The molecule has 0 aromatic rings. The highest BCUT2D eigenvalue weighted by molar-refractivity contribution is 8.93. The second-order valence-corrected chi connectivity index (χ2v) is 4.53. The SMILES string of the molecule is Br.C1CC1N1CCN(C2CC2)CC1. The maximum Gasteiger partial charge on any atom is 0.0113 e. The summed E-state index contributed by atoms with van der Waals surface area (Å²) in [5, 5.41) is 0. The summed E-state index contributed by atoms with van der Waals surface area (Å²) >= 11 is 0. The lowest BCUT2D eigenvalue weighted by Gasteiger charge is -2.34. The Bertz CT molecular complexity index is 150. The molecule has 1 aliphatic heterocycles. The van der Waals surface area contributed by atoms with Crippen LogP contribution in [0.4, 0.5) is 0 Å². The van der Waals surface area contributed by atoms with Crippen LogP contribution in [-0.2, 0) is 0 Å². The van der Waals surface area contributed by atoms with Gasteiger partial charge in [-0.2, -0.15) is 0 Å². The standard InChI is InChI=1S/C10H18N2.BrH/c1-2-9(1)11-5-7-12(8-6-11)10-3-4-10;/h9-10H,1-8H2;1H. The molecule has 3 fully saturated rings. The fraction of sp³-hybridized carbons (Fsp3) is 1.00. The normalized spacial score (nSPS) is 31.4. The Kier molecular flexibility index (Phi) is 2.96. The number of hydrogen-bond donors (Lipinski definition) is 0. The van der Waals surface area contributed by atoms with Crippen molar-refractivity contribution in [2.45, 2.75) is 37.8 Å². The minimum atomic E-state index is 0. The average molecular weight is 247 g/mol. The van der Waals surface area contributed by atoms with E-state index in [0.717, 1.165) is 12.1 Å². The maximum absolute atomic E-state index is 2.69. The van der Waals surface area contributed by atoms with Gasteiger partial charge in [-0.1, -0.05) is 0 Å². The molecule has 2 nitrogen and oxygen atoms in total. The number of piperazine rings is 1. The van der Waals surface area contributed by atoms with Crippen molar-refractivity contribution in [3.8, 4) is 0 Å². The van der Waals surface area contributed by atoms with E-state index in [0.29, 0.717) is 0 Å². The van der Waals surface area contributed by atoms with Gasteiger partial charge in [-0.25, -0.2) is 0 Å². The highest BCUT2D eigenvalue weighted by Gasteiger charge is 2.35. The first-order chi connectivity index (χ1) is 5.93. The number of rotatable bonds is 2. The first-order valence-electron chi connectivity index (χ1n) is 5.41. The van der Waals surface area contributed by atoms with Crippen LogP contribution in [0.1, 0.15) is 25.7 Å². The Morgan fingerprint density at radius 1 is 0.615 bits per heavy atom. The zero-order valence-electron chi connectivity index (χ0n) is 8.11. The molecule has 76 valence electrons. The van der Waals surface area contributed by atoms with Crippen LogP contribution in [0.5, 0.6) is 0 Å². The Hall–Kier alpha value is 0.400. The monoisotopic (exact) mass is 246 g/mol. The van der Waals surface area contributed by atoms with Crippen LogP contribution in [0.2, 0.25) is 0 Å². The molecule has 3 rings (SSSR count). The molecule has 13 heavy (non-hydrogen) atoms. The third kappa shape index (κ3) is 2.25. The molecule has 0 spiro atoms. The molecule has 3 aliphatic rings. The topological polar surface area (TPSA) is 6.48 Å². The zero-order chi connectivity index (χ0) is 7.97. The highest BCUT2D eigenvalue weighted by Crippen LogP contribution is 2.31. The van der Waals surface area contributed by atoms with Gasteiger partial charge < -0.3 is 0 Å². The minimum absolute atomic E-state index is 0. The van der Waals surface area contributed by atoms with Crippen LogP contribution in [0.15, 0.2) is 0 Å². The van der Waals surface area contributed by atoms with E-state index >= 15 is 0 Å². The van der Waals surface area contributed by atoms with Crippen molar-refractivity contribution in [1.82, 2.24) is 9.80 Å². The summed E-state index contributed by atoms with van der Waals surface area (Å²) in [6, 6.07) is 1.98. The van der Waals surface area contributed by atoms with Crippen molar-refractivity contribution < 1.29 is 0 Å². The summed E-state index contributed by atoms with van der Waals surface area (Å²) in [6.45, 7) is 5.39. The van der Waals surface area contributed by atoms with Crippen LogP contribution in [0.3, 0.4) is 0 Å². The maximum atomic E-state index is 2.69. The third-order valence-electron chi connectivity index (χ3n) is 3.48. The molecule has 0 atom stereocenters. The van der Waals surface area contributed by atoms with Crippen LogP contribution in [-0.4, -0.2) is 48.1 Å². The molecule has 1 heterocycles. The van der Waals surface area contributed by atoms with Crippen molar-refractivity contribution in [3.05, 3.63) is 0 Å². The molecule has 0 unspecified atom stereocenters. The van der Waals surface area contributed by atoms with E-state index in [9.17, 15) is 0 Å². The quantitative estimate of drug-likeness (QED) is 0.729. The van der Waals surface area contributed by atoms with Crippen molar-refractivity contribution in [3.63, 3.8) is 0 Å². The average Bonchev–Trinajstić information content (AvgIpc) is 2.98. The van der Waals surface area contributed by atoms with Gasteiger partial charge in [-0.05, 0) is 25.7 Å². The molecule has 2 saturated carbocycles. The van der Waals surface area contributed by atoms with Gasteiger partial charge in [0.15, 0.2) is 0 Å².